The van der Waals surface area contributed by atoms with Crippen molar-refractivity contribution < 1.29 is 4.57 Å². The number of rotatable bonds is 3. The molecular formula is C12H14NS+. The molecule has 1 nitrogen and oxygen atoms in total. The topological polar surface area (TPSA) is 3.88 Å². The summed E-state index contributed by atoms with van der Waals surface area (Å²) < 4.78 is 2.19. The Kier molecular flexibility index (Phi) is 2.94. The van der Waals surface area contributed by atoms with Crippen LogP contribution in [0, 0.1) is 0 Å². The molecule has 0 radical (unpaired) electrons. The molecule has 0 saturated heterocycles. The van der Waals surface area contributed by atoms with E-state index in [0.29, 0.717) is 0 Å². The van der Waals surface area contributed by atoms with Crippen LogP contribution in [-0.2, 0) is 19.9 Å². The van der Waals surface area contributed by atoms with Crippen LogP contribution in [0.3, 0.4) is 0 Å². The summed E-state index contributed by atoms with van der Waals surface area (Å²) in [5, 5.41) is 2.14. The van der Waals surface area contributed by atoms with Crippen LogP contribution in [0.25, 0.3) is 0 Å². The van der Waals surface area contributed by atoms with E-state index in [1.807, 2.05) is 11.3 Å². The van der Waals surface area contributed by atoms with Gasteiger partial charge in [0.2, 0.25) is 0 Å². The molecule has 14 heavy (non-hydrogen) atoms. The Morgan fingerprint density at radius 1 is 1.14 bits per heavy atom. The van der Waals surface area contributed by atoms with Gasteiger partial charge in [-0.25, -0.2) is 4.57 Å². The minimum atomic E-state index is 1.12. The fraction of sp³-hybridized carbons (Fsp3) is 0.250. The molecule has 2 rings (SSSR count). The molecule has 72 valence electrons. The lowest BCUT2D eigenvalue weighted by Gasteiger charge is -1.97. The fourth-order valence-corrected chi connectivity index (χ4v) is 2.23. The number of pyridine rings is 1. The average molecular weight is 204 g/mol. The van der Waals surface area contributed by atoms with E-state index in [-0.39, 0.29) is 0 Å². The number of aromatic nitrogens is 1. The second kappa shape index (κ2) is 4.38. The molecule has 2 aromatic rings. The van der Waals surface area contributed by atoms with E-state index in [9.17, 15) is 0 Å². The fourth-order valence-electron chi connectivity index (χ4n) is 1.52. The number of hydrogen-bond donors (Lipinski definition) is 0. The maximum atomic E-state index is 2.20. The Balaban J connectivity index is 2.02. The summed E-state index contributed by atoms with van der Waals surface area (Å²) in [6.07, 6.45) is 4.37. The smallest absolute Gasteiger partial charge is 0.181 e. The van der Waals surface area contributed by atoms with Gasteiger partial charge in [-0.1, -0.05) is 12.1 Å². The van der Waals surface area contributed by atoms with Crippen LogP contribution >= 0.6 is 11.3 Å². The number of aryl methyl sites for hydroxylation is 3. The predicted molar refractivity (Wildman–Crippen MR) is 59.3 cm³/mol. The molecule has 0 aromatic carbocycles. The first-order valence-electron chi connectivity index (χ1n) is 4.82. The van der Waals surface area contributed by atoms with E-state index in [2.05, 4.69) is 53.5 Å². The third-order valence-electron chi connectivity index (χ3n) is 2.37. The van der Waals surface area contributed by atoms with Crippen LogP contribution < -0.4 is 4.57 Å². The molecule has 2 heterocycles. The Morgan fingerprint density at radius 2 is 2.07 bits per heavy atom. The van der Waals surface area contributed by atoms with Crippen molar-refractivity contribution in [3.63, 3.8) is 0 Å². The summed E-state index contributed by atoms with van der Waals surface area (Å²) >= 11 is 1.84. The van der Waals surface area contributed by atoms with Crippen molar-refractivity contribution in [3.05, 3.63) is 52.5 Å². The molecule has 0 aliphatic carbocycles. The predicted octanol–water partition coefficient (Wildman–Crippen LogP) is 2.36. The SMILES string of the molecule is C[n+]1ccccc1CCc1cccs1. The molecule has 0 aliphatic heterocycles. The van der Waals surface area contributed by atoms with E-state index in [4.69, 9.17) is 0 Å². The summed E-state index contributed by atoms with van der Waals surface area (Å²) in [6.45, 7) is 0. The van der Waals surface area contributed by atoms with E-state index in [0.717, 1.165) is 12.8 Å². The van der Waals surface area contributed by atoms with Gasteiger partial charge in [-0.05, 0) is 17.9 Å². The minimum absolute atomic E-state index is 1.12. The summed E-state index contributed by atoms with van der Waals surface area (Å²) in [7, 11) is 2.10. The van der Waals surface area contributed by atoms with Gasteiger partial charge in [0, 0.05) is 23.4 Å². The van der Waals surface area contributed by atoms with Gasteiger partial charge in [-0.15, -0.1) is 11.3 Å². The molecule has 0 aliphatic rings. The molecule has 2 heteroatoms. The third-order valence-corrected chi connectivity index (χ3v) is 3.31. The zero-order valence-electron chi connectivity index (χ0n) is 8.31. The summed E-state index contributed by atoms with van der Waals surface area (Å²) in [6, 6.07) is 10.7. The molecule has 0 bridgehead atoms. The molecule has 2 aromatic heterocycles. The van der Waals surface area contributed by atoms with Crippen molar-refractivity contribution in [1.29, 1.82) is 0 Å². The van der Waals surface area contributed by atoms with Gasteiger partial charge >= 0.3 is 0 Å². The quantitative estimate of drug-likeness (QED) is 0.676. The Hall–Kier alpha value is -1.15. The van der Waals surface area contributed by atoms with Crippen LogP contribution in [0.1, 0.15) is 10.6 Å². The molecule has 0 unspecified atom stereocenters. The van der Waals surface area contributed by atoms with E-state index in [1.165, 1.54) is 10.6 Å². The normalized spacial score (nSPS) is 10.4. The lowest BCUT2D eigenvalue weighted by molar-refractivity contribution is -0.679. The summed E-state index contributed by atoms with van der Waals surface area (Å²) in [5.74, 6) is 0. The molecular weight excluding hydrogens is 190 g/mol. The van der Waals surface area contributed by atoms with Crippen molar-refractivity contribution in [2.24, 2.45) is 7.05 Å². The van der Waals surface area contributed by atoms with Crippen molar-refractivity contribution in [1.82, 2.24) is 0 Å². The van der Waals surface area contributed by atoms with Crippen LogP contribution in [0.5, 0.6) is 0 Å². The molecule has 0 spiro atoms. The van der Waals surface area contributed by atoms with Gasteiger partial charge in [0.1, 0.15) is 7.05 Å². The van der Waals surface area contributed by atoms with Crippen molar-refractivity contribution >= 4 is 11.3 Å². The maximum Gasteiger partial charge on any atom is 0.181 e. The Morgan fingerprint density at radius 3 is 2.79 bits per heavy atom. The molecule has 0 N–H and O–H groups in total. The lowest BCUT2D eigenvalue weighted by atomic mass is 10.2. The monoisotopic (exact) mass is 204 g/mol. The van der Waals surface area contributed by atoms with Crippen molar-refractivity contribution in [2.45, 2.75) is 12.8 Å². The van der Waals surface area contributed by atoms with Crippen molar-refractivity contribution in [3.8, 4) is 0 Å². The third kappa shape index (κ3) is 2.20. The first-order valence-corrected chi connectivity index (χ1v) is 5.70. The van der Waals surface area contributed by atoms with Crippen LogP contribution in [0.15, 0.2) is 41.9 Å². The number of nitrogens with zero attached hydrogens (tertiary/aromatic N) is 1. The highest BCUT2D eigenvalue weighted by Crippen LogP contribution is 2.10. The van der Waals surface area contributed by atoms with Crippen LogP contribution in [0.2, 0.25) is 0 Å². The van der Waals surface area contributed by atoms with Gasteiger partial charge in [-0.2, -0.15) is 0 Å². The highest BCUT2D eigenvalue weighted by Gasteiger charge is 2.04. The van der Waals surface area contributed by atoms with Crippen LogP contribution in [0.4, 0.5) is 0 Å². The number of thiophene rings is 1. The van der Waals surface area contributed by atoms with Gasteiger partial charge in [0.25, 0.3) is 0 Å². The van der Waals surface area contributed by atoms with E-state index in [1.54, 1.807) is 0 Å². The zero-order valence-corrected chi connectivity index (χ0v) is 9.13. The summed E-state index contributed by atoms with van der Waals surface area (Å²) in [5.41, 5.74) is 1.39. The highest BCUT2D eigenvalue weighted by atomic mass is 32.1. The van der Waals surface area contributed by atoms with E-state index < -0.39 is 0 Å². The largest absolute Gasteiger partial charge is 0.205 e. The first-order chi connectivity index (χ1) is 6.86. The Bertz CT molecular complexity index is 392. The molecule has 0 fully saturated rings. The average Bonchev–Trinajstić information content (AvgIpc) is 2.69. The molecule has 0 atom stereocenters. The van der Waals surface area contributed by atoms with Gasteiger partial charge in [0.05, 0.1) is 0 Å². The van der Waals surface area contributed by atoms with Gasteiger partial charge in [0.15, 0.2) is 11.9 Å². The highest BCUT2D eigenvalue weighted by molar-refractivity contribution is 7.09. The standard InChI is InChI=1S/C12H14NS/c1-13-9-3-2-5-11(13)7-8-12-6-4-10-14-12/h2-6,9-10H,7-8H2,1H3/q+1. The van der Waals surface area contributed by atoms with Gasteiger partial charge in [-0.3, -0.25) is 0 Å². The van der Waals surface area contributed by atoms with Crippen molar-refractivity contribution in [2.75, 3.05) is 0 Å². The minimum Gasteiger partial charge on any atom is -0.205 e. The molecule has 0 saturated carbocycles. The maximum absolute atomic E-state index is 2.20. The number of hydrogen-bond acceptors (Lipinski definition) is 1. The second-order valence-electron chi connectivity index (χ2n) is 3.38. The van der Waals surface area contributed by atoms with E-state index >= 15 is 0 Å². The first kappa shape index (κ1) is 9.41. The molecule has 0 amide bonds. The van der Waals surface area contributed by atoms with Crippen LogP contribution in [-0.4, -0.2) is 0 Å². The summed E-state index contributed by atoms with van der Waals surface area (Å²) in [4.78, 5) is 1.47. The van der Waals surface area contributed by atoms with Gasteiger partial charge < -0.3 is 0 Å². The Labute approximate surface area is 88.7 Å². The lowest BCUT2D eigenvalue weighted by Crippen LogP contribution is -2.32. The second-order valence-corrected chi connectivity index (χ2v) is 4.41. The zero-order chi connectivity index (χ0) is 9.80.